The molecular weight excluding hydrogens is 896 g/mol. The van der Waals surface area contributed by atoms with E-state index < -0.39 is 59.5 Å². The monoisotopic (exact) mass is 953 g/mol. The average molecular weight is 954 g/mol. The number of alkyl carbamates (subject to hydrolysis) is 2. The topological polar surface area (TPSA) is 277 Å². The van der Waals surface area contributed by atoms with Gasteiger partial charge in [-0.3, -0.25) is 0 Å². The standard InChI is InChI=1S/C24H29NO8.C14H19NO6.C10H11ClO2/c1-15(32-21(28)17-8-6-5-7-9-17)14-31-22(29)18(25-23(30)33-24(2,3)4)12-16-10-11-19(26)20(27)13-16;1-14(2,3)21-13(20)15-9(12(18)19)6-8-4-5-10(16)11(17)7-8;1-8(7-11)13-10(12)9-5-3-2-4-6-9/h5-11,13,15,18,26-27H,12,14H2,1-4H3,(H,25,30);4-5,7,9,16-17H,6H2,1-3H3,(H,15,20)(H,18,19);2-6,8H,7H2,1H3/p-1/t15-,18+;9-;8-/m101/s1. The number of rotatable bonds is 15. The minimum absolute atomic E-state index is 0.0376. The van der Waals surface area contributed by atoms with Gasteiger partial charge in [-0.15, -0.1) is 11.6 Å². The molecule has 4 aromatic carbocycles. The highest BCUT2D eigenvalue weighted by molar-refractivity contribution is 6.18. The van der Waals surface area contributed by atoms with Crippen LogP contribution in [0.15, 0.2) is 97.1 Å². The predicted molar refractivity (Wildman–Crippen MR) is 243 cm³/mol. The lowest BCUT2D eigenvalue weighted by Gasteiger charge is -2.24. The number of benzene rings is 4. The molecule has 4 aromatic rings. The van der Waals surface area contributed by atoms with Crippen LogP contribution in [0, 0.1) is 0 Å². The fourth-order valence-electron chi connectivity index (χ4n) is 5.17. The van der Waals surface area contributed by atoms with Crippen molar-refractivity contribution in [2.24, 2.45) is 0 Å². The highest BCUT2D eigenvalue weighted by Gasteiger charge is 2.27. The SMILES string of the molecule is CC(C)(C)OC(=O)N[C@@H](Cc1ccc(O)c(O)c1)C(=O)[O-].C[C@H](CCl)OC(=O)c1ccccc1.C[C@H](COC(=O)[C@H](Cc1ccc(O)c(O)c1)NC(=O)OC(C)(C)C)OC(=O)c1ccccc1. The Kier molecular flexibility index (Phi) is 22.3. The Morgan fingerprint density at radius 3 is 1.34 bits per heavy atom. The smallest absolute Gasteiger partial charge is 0.408 e. The van der Waals surface area contributed by atoms with Crippen molar-refractivity contribution in [2.45, 2.75) is 104 Å². The van der Waals surface area contributed by atoms with E-state index in [-0.39, 0.29) is 54.5 Å². The summed E-state index contributed by atoms with van der Waals surface area (Å²) in [6.45, 7) is 13.1. The first-order valence-electron chi connectivity index (χ1n) is 20.7. The summed E-state index contributed by atoms with van der Waals surface area (Å²) in [5.41, 5.74) is 0.265. The molecule has 4 atom stereocenters. The first-order chi connectivity index (χ1) is 31.3. The number of carbonyl (C=O) groups is 6. The Morgan fingerprint density at radius 2 is 0.970 bits per heavy atom. The maximum atomic E-state index is 12.7. The molecule has 0 aliphatic heterocycles. The van der Waals surface area contributed by atoms with E-state index >= 15 is 0 Å². The van der Waals surface area contributed by atoms with E-state index in [1.54, 1.807) is 110 Å². The number of alkyl halides is 1. The summed E-state index contributed by atoms with van der Waals surface area (Å²) in [5, 5.41) is 53.5. The van der Waals surface area contributed by atoms with Crippen LogP contribution in [0.25, 0.3) is 0 Å². The average Bonchev–Trinajstić information content (AvgIpc) is 3.24. The van der Waals surface area contributed by atoms with E-state index in [1.165, 1.54) is 36.4 Å². The highest BCUT2D eigenvalue weighted by Crippen LogP contribution is 2.27. The van der Waals surface area contributed by atoms with Gasteiger partial charge in [0, 0.05) is 6.42 Å². The summed E-state index contributed by atoms with van der Waals surface area (Å²) in [6, 6.07) is 22.7. The summed E-state index contributed by atoms with van der Waals surface area (Å²) in [7, 11) is 0. The Morgan fingerprint density at radius 1 is 0.582 bits per heavy atom. The number of phenols is 4. The fraction of sp³-hybridized carbons (Fsp3) is 0.375. The lowest BCUT2D eigenvalue weighted by Crippen LogP contribution is -2.50. The van der Waals surface area contributed by atoms with Crippen LogP contribution in [0.1, 0.15) is 87.2 Å². The lowest BCUT2D eigenvalue weighted by molar-refractivity contribution is -0.308. The number of ether oxygens (including phenoxy) is 5. The molecule has 18 nitrogen and oxygen atoms in total. The molecule has 6 N–H and O–H groups in total. The number of esters is 3. The van der Waals surface area contributed by atoms with Gasteiger partial charge in [-0.05, 0) is 121 Å². The minimum atomic E-state index is -1.48. The quantitative estimate of drug-likeness (QED) is 0.0341. The van der Waals surface area contributed by atoms with Crippen LogP contribution >= 0.6 is 11.6 Å². The van der Waals surface area contributed by atoms with Gasteiger partial charge >= 0.3 is 30.1 Å². The minimum Gasteiger partial charge on any atom is -0.548 e. The van der Waals surface area contributed by atoms with Gasteiger partial charge in [-0.25, -0.2) is 24.0 Å². The van der Waals surface area contributed by atoms with Gasteiger partial charge in [0.15, 0.2) is 23.0 Å². The van der Waals surface area contributed by atoms with E-state index in [4.69, 9.17) is 35.3 Å². The van der Waals surface area contributed by atoms with Crippen molar-refractivity contribution in [3.05, 3.63) is 119 Å². The number of aromatic hydroxyl groups is 4. The number of carboxylic acid groups (broad SMARTS) is 1. The van der Waals surface area contributed by atoms with Crippen molar-refractivity contribution < 1.29 is 78.0 Å². The number of amides is 2. The Labute approximate surface area is 393 Å². The molecule has 0 aliphatic rings. The van der Waals surface area contributed by atoms with Crippen LogP contribution < -0.4 is 15.7 Å². The molecule has 0 heterocycles. The third kappa shape index (κ3) is 22.5. The normalized spacial score (nSPS) is 12.6. The van der Waals surface area contributed by atoms with E-state index in [0.29, 0.717) is 28.1 Å². The van der Waals surface area contributed by atoms with Gasteiger partial charge in [0.25, 0.3) is 0 Å². The summed E-state index contributed by atoms with van der Waals surface area (Å²) < 4.78 is 25.7. The van der Waals surface area contributed by atoms with E-state index in [2.05, 4.69) is 10.6 Å². The van der Waals surface area contributed by atoms with Crippen molar-refractivity contribution in [3.8, 4) is 23.0 Å². The second-order valence-corrected chi connectivity index (χ2v) is 17.0. The molecule has 2 amide bonds. The van der Waals surface area contributed by atoms with Crippen molar-refractivity contribution in [2.75, 3.05) is 12.5 Å². The number of halogens is 1. The summed E-state index contributed by atoms with van der Waals surface area (Å²) in [5.74, 6) is -4.19. The number of aliphatic carboxylic acids is 1. The molecule has 67 heavy (non-hydrogen) atoms. The molecule has 4 rings (SSSR count). The molecule has 364 valence electrons. The molecule has 0 bridgehead atoms. The summed E-state index contributed by atoms with van der Waals surface area (Å²) >= 11 is 5.51. The summed E-state index contributed by atoms with van der Waals surface area (Å²) in [6.07, 6.45) is -2.83. The maximum absolute atomic E-state index is 12.7. The van der Waals surface area contributed by atoms with Crippen LogP contribution in [0.2, 0.25) is 0 Å². The second-order valence-electron chi connectivity index (χ2n) is 16.7. The van der Waals surface area contributed by atoms with Crippen molar-refractivity contribution in [1.82, 2.24) is 10.6 Å². The number of hydrogen-bond acceptors (Lipinski definition) is 16. The zero-order valence-electron chi connectivity index (χ0n) is 38.4. The Bertz CT molecular complexity index is 2240. The van der Waals surface area contributed by atoms with Crippen LogP contribution in [0.4, 0.5) is 9.59 Å². The molecule has 0 aliphatic carbocycles. The molecular formula is C48H58ClN2O16-. The van der Waals surface area contributed by atoms with Crippen LogP contribution in [0.5, 0.6) is 23.0 Å². The van der Waals surface area contributed by atoms with Gasteiger partial charge in [0.1, 0.15) is 36.1 Å². The molecule has 0 radical (unpaired) electrons. The van der Waals surface area contributed by atoms with Crippen molar-refractivity contribution in [1.29, 1.82) is 0 Å². The Balaban J connectivity index is 0.000000385. The number of nitrogens with one attached hydrogen (secondary N) is 2. The third-order valence-corrected chi connectivity index (χ3v) is 8.66. The van der Waals surface area contributed by atoms with E-state index in [1.807, 2.05) is 6.07 Å². The first kappa shape index (κ1) is 55.9. The van der Waals surface area contributed by atoms with Crippen molar-refractivity contribution >= 4 is 47.7 Å². The van der Waals surface area contributed by atoms with E-state index in [9.17, 15) is 54.3 Å². The van der Waals surface area contributed by atoms with Crippen molar-refractivity contribution in [3.63, 3.8) is 0 Å². The molecule has 0 spiro atoms. The number of carbonyl (C=O) groups excluding carboxylic acids is 6. The number of phenolic OH excluding ortho intramolecular Hbond substituents is 4. The zero-order chi connectivity index (χ0) is 50.5. The van der Waals surface area contributed by atoms with Crippen LogP contribution in [-0.2, 0) is 46.1 Å². The molecule has 19 heteroatoms. The molecule has 0 fully saturated rings. The largest absolute Gasteiger partial charge is 0.548 e. The Hall–Kier alpha value is -7.21. The third-order valence-electron chi connectivity index (χ3n) is 8.22. The van der Waals surface area contributed by atoms with Crippen LogP contribution in [0.3, 0.4) is 0 Å². The second kappa shape index (κ2) is 26.7. The molecule has 0 aromatic heterocycles. The van der Waals surface area contributed by atoms with Gasteiger partial charge in [-0.2, -0.15) is 0 Å². The van der Waals surface area contributed by atoms with Gasteiger partial charge in [-0.1, -0.05) is 48.5 Å². The first-order valence-corrected chi connectivity index (χ1v) is 21.3. The zero-order valence-corrected chi connectivity index (χ0v) is 39.2. The van der Waals surface area contributed by atoms with E-state index in [0.717, 1.165) is 0 Å². The van der Waals surface area contributed by atoms with Gasteiger partial charge < -0.3 is 64.6 Å². The highest BCUT2D eigenvalue weighted by atomic mass is 35.5. The summed E-state index contributed by atoms with van der Waals surface area (Å²) in [4.78, 5) is 71.0. The van der Waals surface area contributed by atoms with Gasteiger partial charge in [0.2, 0.25) is 0 Å². The lowest BCUT2D eigenvalue weighted by atomic mass is 10.1. The molecule has 0 saturated heterocycles. The number of hydrogen-bond donors (Lipinski definition) is 6. The van der Waals surface area contributed by atoms with Crippen LogP contribution in [-0.4, -0.2) is 104 Å². The predicted octanol–water partition coefficient (Wildman–Crippen LogP) is 6.08. The van der Waals surface area contributed by atoms with Gasteiger partial charge in [0.05, 0.1) is 29.0 Å². The molecule has 0 saturated carbocycles. The number of carboxylic acids is 1. The fourth-order valence-corrected chi connectivity index (χ4v) is 5.23. The molecule has 0 unspecified atom stereocenters. The maximum Gasteiger partial charge on any atom is 0.408 e.